The van der Waals surface area contributed by atoms with Gasteiger partial charge in [0, 0.05) is 11.5 Å². The van der Waals surface area contributed by atoms with Crippen molar-refractivity contribution in [1.82, 2.24) is 9.97 Å². The van der Waals surface area contributed by atoms with E-state index in [2.05, 4.69) is 15.3 Å². The number of benzene rings is 2. The number of fused-ring (bicyclic) bond motifs is 3. The number of ether oxygens (including phenoxy) is 2. The molecule has 2 aromatic carbocycles. The molecule has 0 aliphatic heterocycles. The first-order valence-electron chi connectivity index (χ1n) is 8.89. The monoisotopic (exact) mass is 409 g/mol. The van der Waals surface area contributed by atoms with E-state index in [0.29, 0.717) is 33.6 Å². The fourth-order valence-electron chi connectivity index (χ4n) is 2.99. The van der Waals surface area contributed by atoms with Crippen molar-refractivity contribution in [3.8, 4) is 11.5 Å². The van der Waals surface area contributed by atoms with Gasteiger partial charge in [-0.05, 0) is 31.2 Å². The van der Waals surface area contributed by atoms with Crippen LogP contribution in [0.25, 0.3) is 22.1 Å². The fourth-order valence-corrected chi connectivity index (χ4v) is 3.80. The number of carbonyl (C=O) groups excluding carboxylic acids is 1. The molecule has 0 aliphatic rings. The number of methoxy groups -OCH3 is 2. The van der Waals surface area contributed by atoms with Gasteiger partial charge >= 0.3 is 0 Å². The lowest BCUT2D eigenvalue weighted by Crippen LogP contribution is -2.15. The van der Waals surface area contributed by atoms with E-state index in [9.17, 15) is 4.79 Å². The second-order valence-corrected chi connectivity index (χ2v) is 7.22. The van der Waals surface area contributed by atoms with E-state index in [1.807, 2.05) is 31.2 Å². The fraction of sp³-hybridized carbons (Fsp3) is 0.190. The van der Waals surface area contributed by atoms with Crippen molar-refractivity contribution in [3.63, 3.8) is 0 Å². The van der Waals surface area contributed by atoms with Gasteiger partial charge in [0.1, 0.15) is 33.4 Å². The van der Waals surface area contributed by atoms with E-state index in [1.54, 1.807) is 32.4 Å². The van der Waals surface area contributed by atoms with Crippen LogP contribution in [-0.2, 0) is 4.79 Å². The number of anilines is 1. The summed E-state index contributed by atoms with van der Waals surface area (Å²) in [4.78, 5) is 21.5. The molecule has 2 aromatic heterocycles. The van der Waals surface area contributed by atoms with Crippen LogP contribution in [0.1, 0.15) is 5.82 Å². The van der Waals surface area contributed by atoms with E-state index < -0.39 is 0 Å². The second-order valence-electron chi connectivity index (χ2n) is 6.25. The SMILES string of the molecule is COc1ccc(NC(=O)CSc2nc(C)nc3c2oc2ccccc23)c(OC)c1. The van der Waals surface area contributed by atoms with Gasteiger partial charge < -0.3 is 19.2 Å². The highest BCUT2D eigenvalue weighted by molar-refractivity contribution is 8.00. The van der Waals surface area contributed by atoms with Crippen molar-refractivity contribution in [2.45, 2.75) is 11.9 Å². The molecule has 7 nitrogen and oxygen atoms in total. The van der Waals surface area contributed by atoms with Crippen LogP contribution in [-0.4, -0.2) is 35.8 Å². The van der Waals surface area contributed by atoms with Crippen LogP contribution in [0.15, 0.2) is 51.9 Å². The van der Waals surface area contributed by atoms with Crippen molar-refractivity contribution in [3.05, 3.63) is 48.3 Å². The molecule has 1 amide bonds. The first-order valence-corrected chi connectivity index (χ1v) is 9.88. The Morgan fingerprint density at radius 3 is 2.76 bits per heavy atom. The molecule has 4 rings (SSSR count). The highest BCUT2D eigenvalue weighted by Gasteiger charge is 2.16. The third-order valence-corrected chi connectivity index (χ3v) is 5.28. The minimum absolute atomic E-state index is 0.164. The molecule has 0 radical (unpaired) electrons. The number of thioether (sulfide) groups is 1. The van der Waals surface area contributed by atoms with Crippen LogP contribution >= 0.6 is 11.8 Å². The molecular weight excluding hydrogens is 390 g/mol. The zero-order valence-electron chi connectivity index (χ0n) is 16.2. The maximum absolute atomic E-state index is 12.5. The van der Waals surface area contributed by atoms with Crippen molar-refractivity contribution in [2.24, 2.45) is 0 Å². The van der Waals surface area contributed by atoms with Crippen molar-refractivity contribution >= 4 is 45.4 Å². The van der Waals surface area contributed by atoms with Crippen molar-refractivity contribution in [1.29, 1.82) is 0 Å². The molecule has 29 heavy (non-hydrogen) atoms. The molecule has 0 bridgehead atoms. The Morgan fingerprint density at radius 2 is 1.97 bits per heavy atom. The zero-order valence-corrected chi connectivity index (χ0v) is 17.0. The Balaban J connectivity index is 1.55. The van der Waals surface area contributed by atoms with E-state index >= 15 is 0 Å². The molecule has 0 aliphatic carbocycles. The smallest absolute Gasteiger partial charge is 0.234 e. The van der Waals surface area contributed by atoms with Gasteiger partial charge in [-0.15, -0.1) is 0 Å². The molecule has 0 saturated heterocycles. The summed E-state index contributed by atoms with van der Waals surface area (Å²) in [7, 11) is 3.12. The lowest BCUT2D eigenvalue weighted by Gasteiger charge is -2.11. The number of furan rings is 1. The van der Waals surface area contributed by atoms with Gasteiger partial charge in [-0.3, -0.25) is 4.79 Å². The molecule has 1 N–H and O–H groups in total. The Kier molecular flexibility index (Phi) is 5.26. The predicted octanol–water partition coefficient (Wildman–Crippen LogP) is 4.43. The number of hydrogen-bond acceptors (Lipinski definition) is 7. The number of carbonyl (C=O) groups is 1. The van der Waals surface area contributed by atoms with Crippen LogP contribution in [0, 0.1) is 6.92 Å². The van der Waals surface area contributed by atoms with Crippen LogP contribution in [0.4, 0.5) is 5.69 Å². The standard InChI is InChI=1S/C21H19N3O4S/c1-12-22-19-14-6-4-5-7-16(14)28-20(19)21(23-12)29-11-18(25)24-15-9-8-13(26-2)10-17(15)27-3/h4-10H,11H2,1-3H3,(H,24,25). The summed E-state index contributed by atoms with van der Waals surface area (Å²) in [5.41, 5.74) is 2.67. The third kappa shape index (κ3) is 3.84. The molecule has 2 heterocycles. The van der Waals surface area contributed by atoms with Gasteiger partial charge in [-0.1, -0.05) is 23.9 Å². The van der Waals surface area contributed by atoms with E-state index in [4.69, 9.17) is 13.9 Å². The minimum Gasteiger partial charge on any atom is -0.497 e. The number of nitrogens with one attached hydrogen (secondary N) is 1. The molecule has 0 spiro atoms. The highest BCUT2D eigenvalue weighted by atomic mass is 32.2. The molecular formula is C21H19N3O4S. The lowest BCUT2D eigenvalue weighted by atomic mass is 10.2. The van der Waals surface area contributed by atoms with Crippen LogP contribution in [0.3, 0.4) is 0 Å². The topological polar surface area (TPSA) is 86.5 Å². The summed E-state index contributed by atoms with van der Waals surface area (Å²) in [5, 5.41) is 4.43. The Hall–Kier alpha value is -3.26. The maximum atomic E-state index is 12.5. The quantitative estimate of drug-likeness (QED) is 0.372. The summed E-state index contributed by atoms with van der Waals surface area (Å²) in [6, 6.07) is 12.9. The lowest BCUT2D eigenvalue weighted by molar-refractivity contribution is -0.113. The Labute approximate surface area is 171 Å². The van der Waals surface area contributed by atoms with E-state index in [-0.39, 0.29) is 11.7 Å². The van der Waals surface area contributed by atoms with Gasteiger partial charge in [-0.25, -0.2) is 9.97 Å². The van der Waals surface area contributed by atoms with Gasteiger partial charge in [-0.2, -0.15) is 0 Å². The van der Waals surface area contributed by atoms with Gasteiger partial charge in [0.25, 0.3) is 0 Å². The van der Waals surface area contributed by atoms with E-state index in [1.165, 1.54) is 11.8 Å². The number of rotatable bonds is 6. The first-order chi connectivity index (χ1) is 14.1. The average Bonchev–Trinajstić information content (AvgIpc) is 3.11. The van der Waals surface area contributed by atoms with Gasteiger partial charge in [0.15, 0.2) is 5.58 Å². The summed E-state index contributed by atoms with van der Waals surface area (Å²) >= 11 is 1.31. The summed E-state index contributed by atoms with van der Waals surface area (Å²) in [6.45, 7) is 1.83. The largest absolute Gasteiger partial charge is 0.497 e. The summed E-state index contributed by atoms with van der Waals surface area (Å²) in [6.07, 6.45) is 0. The number of aryl methyl sites for hydroxylation is 1. The zero-order chi connectivity index (χ0) is 20.4. The number of amides is 1. The normalized spacial score (nSPS) is 11.0. The van der Waals surface area contributed by atoms with Crippen molar-refractivity contribution in [2.75, 3.05) is 25.3 Å². The van der Waals surface area contributed by atoms with Crippen molar-refractivity contribution < 1.29 is 18.7 Å². The first kappa shape index (κ1) is 19.1. The molecule has 8 heteroatoms. The van der Waals surface area contributed by atoms with Crippen LogP contribution in [0.2, 0.25) is 0 Å². The molecule has 0 saturated carbocycles. The minimum atomic E-state index is -0.181. The number of aromatic nitrogens is 2. The average molecular weight is 409 g/mol. The van der Waals surface area contributed by atoms with Gasteiger partial charge in [0.05, 0.1) is 25.7 Å². The maximum Gasteiger partial charge on any atom is 0.234 e. The molecule has 0 unspecified atom stereocenters. The molecule has 0 fully saturated rings. The molecule has 148 valence electrons. The second kappa shape index (κ2) is 8.00. The highest BCUT2D eigenvalue weighted by Crippen LogP contribution is 2.33. The van der Waals surface area contributed by atoms with Gasteiger partial charge in [0.2, 0.25) is 5.91 Å². The number of hydrogen-bond donors (Lipinski definition) is 1. The molecule has 4 aromatic rings. The number of para-hydroxylation sites is 1. The Morgan fingerprint density at radius 1 is 1.14 bits per heavy atom. The Bertz CT molecular complexity index is 1210. The van der Waals surface area contributed by atoms with Crippen LogP contribution < -0.4 is 14.8 Å². The predicted molar refractivity (Wildman–Crippen MR) is 113 cm³/mol. The molecule has 0 atom stereocenters. The number of nitrogens with zero attached hydrogens (tertiary/aromatic N) is 2. The van der Waals surface area contributed by atoms with Crippen LogP contribution in [0.5, 0.6) is 11.5 Å². The third-order valence-electron chi connectivity index (χ3n) is 4.32. The summed E-state index contributed by atoms with van der Waals surface area (Å²) in [5.74, 6) is 1.79. The van der Waals surface area contributed by atoms with E-state index in [0.717, 1.165) is 16.5 Å². The summed E-state index contributed by atoms with van der Waals surface area (Å²) < 4.78 is 16.4.